The van der Waals surface area contributed by atoms with Crippen LogP contribution in [-0.4, -0.2) is 39.4 Å². The summed E-state index contributed by atoms with van der Waals surface area (Å²) in [6.07, 6.45) is 5.06. The predicted molar refractivity (Wildman–Crippen MR) is 88.0 cm³/mol. The van der Waals surface area contributed by atoms with E-state index >= 15 is 0 Å². The largest absolute Gasteiger partial charge is 0.381 e. The lowest BCUT2D eigenvalue weighted by atomic mass is 9.79. The molecule has 2 fully saturated rings. The Balaban J connectivity index is 1.65. The first-order valence-corrected chi connectivity index (χ1v) is 8.26. The molecule has 0 bridgehead atoms. The fourth-order valence-electron chi connectivity index (χ4n) is 3.24. The molecule has 1 aliphatic heterocycles. The Kier molecular flexibility index (Phi) is 4.51. The van der Waals surface area contributed by atoms with Gasteiger partial charge in [-0.15, -0.1) is 0 Å². The van der Waals surface area contributed by atoms with Crippen LogP contribution in [-0.2, 0) is 4.74 Å². The molecule has 1 saturated heterocycles. The van der Waals surface area contributed by atoms with Crippen molar-refractivity contribution >= 4 is 5.69 Å². The molecule has 0 aromatic heterocycles. The normalized spacial score (nSPS) is 21.2. The van der Waals surface area contributed by atoms with Gasteiger partial charge in [0.1, 0.15) is 0 Å². The highest BCUT2D eigenvalue weighted by Crippen LogP contribution is 2.33. The summed E-state index contributed by atoms with van der Waals surface area (Å²) in [5, 5.41) is 3.75. The summed E-state index contributed by atoms with van der Waals surface area (Å²) in [4.78, 5) is 2.42. The van der Waals surface area contributed by atoms with Crippen LogP contribution in [0.25, 0.3) is 0 Å². The molecule has 1 aromatic rings. The summed E-state index contributed by atoms with van der Waals surface area (Å²) in [5.74, 6) is 0. The summed E-state index contributed by atoms with van der Waals surface area (Å²) < 4.78 is 5.60. The van der Waals surface area contributed by atoms with Crippen LogP contribution in [0.15, 0.2) is 24.3 Å². The maximum Gasteiger partial charge on any atom is 0.0472 e. The Morgan fingerprint density at radius 2 is 1.86 bits per heavy atom. The van der Waals surface area contributed by atoms with E-state index in [1.165, 1.54) is 36.9 Å². The third kappa shape index (κ3) is 3.98. The van der Waals surface area contributed by atoms with E-state index in [2.05, 4.69) is 48.5 Å². The molecular formula is C18H28N2O. The summed E-state index contributed by atoms with van der Waals surface area (Å²) in [5.41, 5.74) is 3.00. The fraction of sp³-hybridized carbons (Fsp3) is 0.667. The second kappa shape index (κ2) is 6.37. The van der Waals surface area contributed by atoms with Crippen molar-refractivity contribution in [2.45, 2.75) is 38.6 Å². The molecule has 0 unspecified atom stereocenters. The first kappa shape index (κ1) is 14.9. The van der Waals surface area contributed by atoms with E-state index in [-0.39, 0.29) is 0 Å². The van der Waals surface area contributed by atoms with Gasteiger partial charge in [-0.2, -0.15) is 0 Å². The summed E-state index contributed by atoms with van der Waals surface area (Å²) in [6, 6.07) is 9.65. The van der Waals surface area contributed by atoms with E-state index in [0.717, 1.165) is 32.3 Å². The molecule has 1 heterocycles. The molecule has 1 aromatic carbocycles. The molecule has 3 rings (SSSR count). The van der Waals surface area contributed by atoms with Crippen LogP contribution in [0.5, 0.6) is 0 Å². The van der Waals surface area contributed by atoms with Crippen molar-refractivity contribution < 1.29 is 4.74 Å². The van der Waals surface area contributed by atoms with Crippen molar-refractivity contribution in [3.8, 4) is 0 Å². The maximum atomic E-state index is 5.60. The quantitative estimate of drug-likeness (QED) is 0.871. The molecule has 3 heteroatoms. The minimum atomic E-state index is 0.362. The molecule has 1 saturated carbocycles. The van der Waals surface area contributed by atoms with Crippen LogP contribution in [0.3, 0.4) is 0 Å². The van der Waals surface area contributed by atoms with E-state index in [1.54, 1.807) is 0 Å². The summed E-state index contributed by atoms with van der Waals surface area (Å²) >= 11 is 0. The molecule has 0 radical (unpaired) electrons. The Hall–Kier alpha value is -1.06. The van der Waals surface area contributed by atoms with Crippen molar-refractivity contribution in [1.82, 2.24) is 5.32 Å². The van der Waals surface area contributed by atoms with Crippen LogP contribution in [0.4, 0.5) is 5.69 Å². The molecule has 21 heavy (non-hydrogen) atoms. The Morgan fingerprint density at radius 3 is 2.48 bits per heavy atom. The molecule has 2 aliphatic rings. The number of benzene rings is 1. The van der Waals surface area contributed by atoms with Crippen molar-refractivity contribution in [2.75, 3.05) is 38.3 Å². The number of rotatable bonds is 6. The second-order valence-electron chi connectivity index (χ2n) is 6.96. The number of hydrogen-bond acceptors (Lipinski definition) is 3. The van der Waals surface area contributed by atoms with Crippen LogP contribution >= 0.6 is 0 Å². The van der Waals surface area contributed by atoms with Gasteiger partial charge in [0, 0.05) is 50.5 Å². The number of ether oxygens (including phenoxy) is 1. The van der Waals surface area contributed by atoms with E-state index in [9.17, 15) is 0 Å². The maximum absolute atomic E-state index is 5.60. The molecule has 3 nitrogen and oxygen atoms in total. The van der Waals surface area contributed by atoms with Crippen molar-refractivity contribution in [1.29, 1.82) is 0 Å². The summed E-state index contributed by atoms with van der Waals surface area (Å²) in [7, 11) is 2.22. The minimum absolute atomic E-state index is 0.362. The van der Waals surface area contributed by atoms with E-state index in [0.29, 0.717) is 5.41 Å². The van der Waals surface area contributed by atoms with Gasteiger partial charge in [-0.1, -0.05) is 17.7 Å². The van der Waals surface area contributed by atoms with Crippen molar-refractivity contribution in [3.63, 3.8) is 0 Å². The van der Waals surface area contributed by atoms with Gasteiger partial charge in [-0.3, -0.25) is 0 Å². The van der Waals surface area contributed by atoms with E-state index in [4.69, 9.17) is 4.74 Å². The van der Waals surface area contributed by atoms with Gasteiger partial charge in [0.2, 0.25) is 0 Å². The lowest BCUT2D eigenvalue weighted by Crippen LogP contribution is -2.47. The lowest BCUT2D eigenvalue weighted by Gasteiger charge is -2.41. The van der Waals surface area contributed by atoms with Gasteiger partial charge in [-0.25, -0.2) is 0 Å². The first-order valence-electron chi connectivity index (χ1n) is 8.26. The smallest absolute Gasteiger partial charge is 0.0472 e. The number of aryl methyl sites for hydroxylation is 1. The standard InChI is InChI=1S/C18H28N2O/c1-15-3-7-17(8-4-15)20(2)14-18(9-11-21-12-10-18)13-19-16-5-6-16/h3-4,7-8,16,19H,5-6,9-14H2,1-2H3. The average Bonchev–Trinajstić information content (AvgIpc) is 3.31. The zero-order chi connectivity index (χ0) is 14.7. The molecule has 116 valence electrons. The minimum Gasteiger partial charge on any atom is -0.381 e. The van der Waals surface area contributed by atoms with Crippen LogP contribution in [0.1, 0.15) is 31.2 Å². The van der Waals surface area contributed by atoms with Crippen molar-refractivity contribution in [2.24, 2.45) is 5.41 Å². The average molecular weight is 288 g/mol. The van der Waals surface area contributed by atoms with Crippen molar-refractivity contribution in [3.05, 3.63) is 29.8 Å². The highest BCUT2D eigenvalue weighted by molar-refractivity contribution is 5.47. The molecule has 1 aliphatic carbocycles. The Morgan fingerprint density at radius 1 is 1.19 bits per heavy atom. The highest BCUT2D eigenvalue weighted by Gasteiger charge is 2.35. The number of nitrogens with one attached hydrogen (secondary N) is 1. The van der Waals surface area contributed by atoms with Crippen LogP contribution < -0.4 is 10.2 Å². The third-order valence-corrected chi connectivity index (χ3v) is 4.94. The van der Waals surface area contributed by atoms with Gasteiger partial charge in [-0.05, 0) is 44.7 Å². The van der Waals surface area contributed by atoms with Gasteiger partial charge in [0.15, 0.2) is 0 Å². The van der Waals surface area contributed by atoms with E-state index in [1.807, 2.05) is 0 Å². The predicted octanol–water partition coefficient (Wildman–Crippen LogP) is 2.98. The monoisotopic (exact) mass is 288 g/mol. The zero-order valence-corrected chi connectivity index (χ0v) is 13.4. The van der Waals surface area contributed by atoms with E-state index < -0.39 is 0 Å². The molecule has 0 atom stereocenters. The summed E-state index contributed by atoms with van der Waals surface area (Å²) in [6.45, 7) is 6.21. The number of hydrogen-bond donors (Lipinski definition) is 1. The van der Waals surface area contributed by atoms with Crippen LogP contribution in [0, 0.1) is 12.3 Å². The second-order valence-corrected chi connectivity index (χ2v) is 6.96. The number of nitrogens with zero attached hydrogens (tertiary/aromatic N) is 1. The fourth-order valence-corrected chi connectivity index (χ4v) is 3.24. The topological polar surface area (TPSA) is 24.5 Å². The Labute approximate surface area is 128 Å². The van der Waals surface area contributed by atoms with Gasteiger partial charge < -0.3 is 15.0 Å². The van der Waals surface area contributed by atoms with Crippen LogP contribution in [0.2, 0.25) is 0 Å². The number of anilines is 1. The Bertz CT molecular complexity index is 447. The third-order valence-electron chi connectivity index (χ3n) is 4.94. The van der Waals surface area contributed by atoms with Gasteiger partial charge in [0.25, 0.3) is 0 Å². The molecule has 1 N–H and O–H groups in total. The highest BCUT2D eigenvalue weighted by atomic mass is 16.5. The SMILES string of the molecule is Cc1ccc(N(C)CC2(CNC3CC3)CCOCC2)cc1. The zero-order valence-electron chi connectivity index (χ0n) is 13.4. The van der Waals surface area contributed by atoms with Gasteiger partial charge >= 0.3 is 0 Å². The molecule has 0 amide bonds. The van der Waals surface area contributed by atoms with Gasteiger partial charge in [0.05, 0.1) is 0 Å². The molecule has 0 spiro atoms. The molecular weight excluding hydrogens is 260 g/mol. The first-order chi connectivity index (χ1) is 10.2. The lowest BCUT2D eigenvalue weighted by molar-refractivity contribution is 0.0186.